The van der Waals surface area contributed by atoms with Gasteiger partial charge in [0.25, 0.3) is 0 Å². The highest BCUT2D eigenvalue weighted by atomic mass is 16.4. The molecule has 0 aliphatic heterocycles. The Balaban J connectivity index is 1.78. The van der Waals surface area contributed by atoms with E-state index in [-0.39, 0.29) is 24.8 Å². The lowest BCUT2D eigenvalue weighted by Gasteiger charge is -2.15. The second-order valence-corrected chi connectivity index (χ2v) is 6.63. The number of rotatable bonds is 6. The van der Waals surface area contributed by atoms with Gasteiger partial charge in [0.1, 0.15) is 6.04 Å². The first kappa shape index (κ1) is 17.9. The average molecular weight is 353 g/mol. The smallest absolute Gasteiger partial charge is 0.320 e. The summed E-state index contributed by atoms with van der Waals surface area (Å²) in [5.41, 5.74) is 8.75. The summed E-state index contributed by atoms with van der Waals surface area (Å²) in [7, 11) is 2.04. The third-order valence-electron chi connectivity index (χ3n) is 4.81. The normalized spacial score (nSPS) is 13.7. The molecule has 0 saturated carbocycles. The Labute approximate surface area is 151 Å². The number of hydrogen-bond acceptors (Lipinski definition) is 3. The topological polar surface area (TPSA) is 97.3 Å². The van der Waals surface area contributed by atoms with Crippen LogP contribution in [0.2, 0.25) is 0 Å². The lowest BCUT2D eigenvalue weighted by atomic mass is 10.0. The van der Waals surface area contributed by atoms with Gasteiger partial charge in [0.05, 0.1) is 6.04 Å². The Kier molecular flexibility index (Phi) is 4.95. The number of nitrogens with one attached hydrogen (secondary N) is 1. The molecular formula is C20H23N3O3. The van der Waals surface area contributed by atoms with Crippen LogP contribution in [0, 0.1) is 0 Å². The van der Waals surface area contributed by atoms with E-state index in [1.807, 2.05) is 32.2 Å². The predicted molar refractivity (Wildman–Crippen MR) is 102 cm³/mol. The number of aliphatic carboxylic acids is 1. The molecule has 0 bridgehead atoms. The van der Waals surface area contributed by atoms with Gasteiger partial charge < -0.3 is 20.7 Å². The van der Waals surface area contributed by atoms with Crippen molar-refractivity contribution in [3.8, 4) is 0 Å². The van der Waals surface area contributed by atoms with Gasteiger partial charge in [-0.1, -0.05) is 24.3 Å². The van der Waals surface area contributed by atoms with Crippen LogP contribution in [0.4, 0.5) is 0 Å². The summed E-state index contributed by atoms with van der Waals surface area (Å²) in [5, 5.41) is 14.0. The Morgan fingerprint density at radius 2 is 1.85 bits per heavy atom. The van der Waals surface area contributed by atoms with E-state index in [2.05, 4.69) is 34.1 Å². The number of hydrogen-bond donors (Lipinski definition) is 3. The number of benzene rings is 2. The SMILES string of the molecule is C[C@@H](NC(=O)CC[C@H](N)C(=O)O)c1ccc2c(c1)c1ccccc1n2C. The molecule has 0 spiro atoms. The zero-order valence-electron chi connectivity index (χ0n) is 14.9. The van der Waals surface area contributed by atoms with Crippen molar-refractivity contribution in [1.29, 1.82) is 0 Å². The molecule has 0 saturated heterocycles. The quantitative estimate of drug-likeness (QED) is 0.635. The number of nitrogens with two attached hydrogens (primary N) is 1. The first-order valence-electron chi connectivity index (χ1n) is 8.63. The molecule has 3 aromatic rings. The number of nitrogens with zero attached hydrogens (tertiary/aromatic N) is 1. The first-order chi connectivity index (χ1) is 12.4. The lowest BCUT2D eigenvalue weighted by molar-refractivity contribution is -0.138. The summed E-state index contributed by atoms with van der Waals surface area (Å²) in [5.74, 6) is -1.29. The third-order valence-corrected chi connectivity index (χ3v) is 4.81. The number of carboxylic acid groups (broad SMARTS) is 1. The van der Waals surface area contributed by atoms with E-state index in [1.165, 1.54) is 10.9 Å². The molecule has 6 nitrogen and oxygen atoms in total. The molecule has 1 amide bonds. The number of carboxylic acids is 1. The number of para-hydroxylation sites is 1. The maximum absolute atomic E-state index is 12.1. The van der Waals surface area contributed by atoms with Crippen molar-refractivity contribution in [3.05, 3.63) is 48.0 Å². The van der Waals surface area contributed by atoms with Crippen LogP contribution < -0.4 is 11.1 Å². The van der Waals surface area contributed by atoms with E-state index in [4.69, 9.17) is 10.8 Å². The Hall–Kier alpha value is -2.86. The first-order valence-corrected chi connectivity index (χ1v) is 8.63. The molecule has 0 radical (unpaired) electrons. The van der Waals surface area contributed by atoms with Gasteiger partial charge >= 0.3 is 5.97 Å². The molecule has 1 aromatic heterocycles. The van der Waals surface area contributed by atoms with Crippen molar-refractivity contribution in [3.63, 3.8) is 0 Å². The molecule has 4 N–H and O–H groups in total. The molecule has 0 aliphatic rings. The minimum Gasteiger partial charge on any atom is -0.480 e. The summed E-state index contributed by atoms with van der Waals surface area (Å²) < 4.78 is 2.16. The van der Waals surface area contributed by atoms with E-state index in [1.54, 1.807) is 0 Å². The highest BCUT2D eigenvalue weighted by molar-refractivity contribution is 6.08. The van der Waals surface area contributed by atoms with Gasteiger partial charge in [0.15, 0.2) is 0 Å². The fourth-order valence-corrected chi connectivity index (χ4v) is 3.26. The van der Waals surface area contributed by atoms with Crippen molar-refractivity contribution in [2.75, 3.05) is 0 Å². The average Bonchev–Trinajstić information content (AvgIpc) is 2.92. The summed E-state index contributed by atoms with van der Waals surface area (Å²) >= 11 is 0. The van der Waals surface area contributed by atoms with E-state index in [0.717, 1.165) is 16.5 Å². The second kappa shape index (κ2) is 7.17. The van der Waals surface area contributed by atoms with Gasteiger partial charge in [0, 0.05) is 35.3 Å². The Bertz CT molecular complexity index is 977. The highest BCUT2D eigenvalue weighted by Gasteiger charge is 2.16. The third kappa shape index (κ3) is 3.41. The number of aryl methyl sites for hydroxylation is 1. The number of aromatic nitrogens is 1. The van der Waals surface area contributed by atoms with Crippen molar-refractivity contribution in [1.82, 2.24) is 9.88 Å². The minimum absolute atomic E-state index is 0.0916. The number of fused-ring (bicyclic) bond motifs is 3. The number of carbonyl (C=O) groups excluding carboxylic acids is 1. The zero-order chi connectivity index (χ0) is 18.8. The van der Waals surface area contributed by atoms with Gasteiger partial charge in [-0.25, -0.2) is 0 Å². The summed E-state index contributed by atoms with van der Waals surface area (Å²) in [4.78, 5) is 22.8. The zero-order valence-corrected chi connectivity index (χ0v) is 14.9. The van der Waals surface area contributed by atoms with Gasteiger partial charge in [-0.15, -0.1) is 0 Å². The predicted octanol–water partition coefficient (Wildman–Crippen LogP) is 2.70. The second-order valence-electron chi connectivity index (χ2n) is 6.63. The van der Waals surface area contributed by atoms with Gasteiger partial charge in [-0.3, -0.25) is 9.59 Å². The molecule has 0 fully saturated rings. The standard InChI is InChI=1S/C20H23N3O3/c1-12(22-19(24)10-8-16(21)20(25)26)13-7-9-18-15(11-13)14-5-3-4-6-17(14)23(18)2/h3-7,9,11-12,16H,8,10,21H2,1-2H3,(H,22,24)(H,25,26)/t12-,16+/m1/s1. The van der Waals surface area contributed by atoms with Crippen LogP contribution >= 0.6 is 0 Å². The maximum atomic E-state index is 12.1. The van der Waals surface area contributed by atoms with Gasteiger partial charge in [-0.2, -0.15) is 0 Å². The molecular weight excluding hydrogens is 330 g/mol. The maximum Gasteiger partial charge on any atom is 0.320 e. The molecule has 0 unspecified atom stereocenters. The van der Waals surface area contributed by atoms with E-state index in [0.29, 0.717) is 0 Å². The van der Waals surface area contributed by atoms with Gasteiger partial charge in [0.2, 0.25) is 5.91 Å². The summed E-state index contributed by atoms with van der Waals surface area (Å²) in [6.07, 6.45) is 0.213. The minimum atomic E-state index is -1.09. The van der Waals surface area contributed by atoms with E-state index in [9.17, 15) is 9.59 Å². The molecule has 3 rings (SSSR count). The largest absolute Gasteiger partial charge is 0.480 e. The van der Waals surface area contributed by atoms with Gasteiger partial charge in [-0.05, 0) is 37.1 Å². The van der Waals surface area contributed by atoms with Crippen LogP contribution in [-0.4, -0.2) is 27.6 Å². The molecule has 2 atom stereocenters. The number of carbonyl (C=O) groups is 2. The van der Waals surface area contributed by atoms with Crippen molar-refractivity contribution < 1.29 is 14.7 Å². The van der Waals surface area contributed by atoms with Crippen LogP contribution in [-0.2, 0) is 16.6 Å². The van der Waals surface area contributed by atoms with E-state index >= 15 is 0 Å². The van der Waals surface area contributed by atoms with Crippen LogP contribution in [0.3, 0.4) is 0 Å². The molecule has 1 heterocycles. The van der Waals surface area contributed by atoms with Crippen LogP contribution in [0.1, 0.15) is 31.4 Å². The Morgan fingerprint density at radius 3 is 2.58 bits per heavy atom. The Morgan fingerprint density at radius 1 is 1.15 bits per heavy atom. The lowest BCUT2D eigenvalue weighted by Crippen LogP contribution is -2.33. The number of amides is 1. The van der Waals surface area contributed by atoms with Crippen LogP contribution in [0.25, 0.3) is 21.8 Å². The molecule has 6 heteroatoms. The van der Waals surface area contributed by atoms with Crippen molar-refractivity contribution >= 4 is 33.7 Å². The van der Waals surface area contributed by atoms with Crippen molar-refractivity contribution in [2.24, 2.45) is 12.8 Å². The molecule has 2 aromatic carbocycles. The monoisotopic (exact) mass is 353 g/mol. The van der Waals surface area contributed by atoms with Crippen molar-refractivity contribution in [2.45, 2.75) is 31.8 Å². The summed E-state index contributed by atoms with van der Waals surface area (Å²) in [6, 6.07) is 13.2. The van der Waals surface area contributed by atoms with Crippen LogP contribution in [0.15, 0.2) is 42.5 Å². The molecule has 0 aliphatic carbocycles. The highest BCUT2D eigenvalue weighted by Crippen LogP contribution is 2.30. The molecule has 26 heavy (non-hydrogen) atoms. The molecule has 136 valence electrons. The van der Waals surface area contributed by atoms with Crippen LogP contribution in [0.5, 0.6) is 0 Å². The van der Waals surface area contributed by atoms with E-state index < -0.39 is 12.0 Å². The summed E-state index contributed by atoms with van der Waals surface area (Å²) in [6.45, 7) is 1.92. The fraction of sp³-hybridized carbons (Fsp3) is 0.300. The fourth-order valence-electron chi connectivity index (χ4n) is 3.26.